The summed E-state index contributed by atoms with van der Waals surface area (Å²) in [6.07, 6.45) is 2.12. The van der Waals surface area contributed by atoms with Gasteiger partial charge in [-0.1, -0.05) is 12.1 Å². The van der Waals surface area contributed by atoms with Crippen molar-refractivity contribution < 1.29 is 19.1 Å². The molecule has 1 aromatic rings. The summed E-state index contributed by atoms with van der Waals surface area (Å²) >= 11 is 0. The first-order chi connectivity index (χ1) is 9.08. The van der Waals surface area contributed by atoms with Crippen molar-refractivity contribution in [2.45, 2.75) is 26.2 Å². The molecule has 1 unspecified atom stereocenters. The second-order valence-electron chi connectivity index (χ2n) is 4.43. The van der Waals surface area contributed by atoms with Gasteiger partial charge in [0.2, 0.25) is 0 Å². The minimum absolute atomic E-state index is 0.137. The summed E-state index contributed by atoms with van der Waals surface area (Å²) in [7, 11) is 2.94. The van der Waals surface area contributed by atoms with E-state index in [1.165, 1.54) is 14.0 Å². The number of carbonyl (C=O) groups is 2. The summed E-state index contributed by atoms with van der Waals surface area (Å²) in [5, 5.41) is 0. The first-order valence-corrected chi connectivity index (χ1v) is 6.29. The van der Waals surface area contributed by atoms with Crippen molar-refractivity contribution >= 4 is 11.8 Å². The first kappa shape index (κ1) is 15.2. The number of methoxy groups -OCH3 is 2. The summed E-state index contributed by atoms with van der Waals surface area (Å²) in [5.41, 5.74) is 1.16. The molecule has 1 rings (SSSR count). The van der Waals surface area contributed by atoms with Crippen LogP contribution in [0.3, 0.4) is 0 Å². The number of hydrogen-bond acceptors (Lipinski definition) is 4. The predicted molar refractivity (Wildman–Crippen MR) is 72.1 cm³/mol. The topological polar surface area (TPSA) is 52.6 Å². The van der Waals surface area contributed by atoms with Gasteiger partial charge in [-0.3, -0.25) is 9.59 Å². The van der Waals surface area contributed by atoms with E-state index in [1.807, 2.05) is 24.3 Å². The SMILES string of the molecule is COC(=O)C(CCCc1ccc(OC)cc1)C(C)=O. The third kappa shape index (κ3) is 4.73. The van der Waals surface area contributed by atoms with E-state index in [0.29, 0.717) is 6.42 Å². The predicted octanol–water partition coefficient (Wildman–Crippen LogP) is 2.40. The molecular weight excluding hydrogens is 244 g/mol. The van der Waals surface area contributed by atoms with Gasteiger partial charge in [0.25, 0.3) is 0 Å². The van der Waals surface area contributed by atoms with Crippen molar-refractivity contribution in [2.24, 2.45) is 5.92 Å². The highest BCUT2D eigenvalue weighted by atomic mass is 16.5. The molecule has 19 heavy (non-hydrogen) atoms. The Morgan fingerprint density at radius 1 is 1.16 bits per heavy atom. The van der Waals surface area contributed by atoms with Crippen molar-refractivity contribution in [3.63, 3.8) is 0 Å². The monoisotopic (exact) mass is 264 g/mol. The zero-order valence-corrected chi connectivity index (χ0v) is 11.6. The number of ketones is 1. The molecule has 0 saturated heterocycles. The molecule has 104 valence electrons. The number of esters is 1. The second kappa shape index (κ2) is 7.56. The Balaban J connectivity index is 2.47. The van der Waals surface area contributed by atoms with Crippen LogP contribution < -0.4 is 4.74 Å². The molecule has 1 atom stereocenters. The molecule has 0 bridgehead atoms. The van der Waals surface area contributed by atoms with Crippen molar-refractivity contribution in [3.05, 3.63) is 29.8 Å². The summed E-state index contributed by atoms with van der Waals surface area (Å²) in [6.45, 7) is 1.43. The highest BCUT2D eigenvalue weighted by Gasteiger charge is 2.23. The zero-order chi connectivity index (χ0) is 14.3. The van der Waals surface area contributed by atoms with Crippen LogP contribution >= 0.6 is 0 Å². The lowest BCUT2D eigenvalue weighted by atomic mass is 9.96. The van der Waals surface area contributed by atoms with Crippen LogP contribution in [0.2, 0.25) is 0 Å². The Kier molecular flexibility index (Phi) is 6.06. The fourth-order valence-electron chi connectivity index (χ4n) is 1.93. The minimum Gasteiger partial charge on any atom is -0.497 e. The number of aryl methyl sites for hydroxylation is 1. The van der Waals surface area contributed by atoms with Gasteiger partial charge in [0, 0.05) is 0 Å². The largest absolute Gasteiger partial charge is 0.497 e. The molecule has 0 aliphatic rings. The maximum atomic E-state index is 11.4. The lowest BCUT2D eigenvalue weighted by molar-refractivity contribution is -0.149. The van der Waals surface area contributed by atoms with Crippen molar-refractivity contribution in [1.82, 2.24) is 0 Å². The average molecular weight is 264 g/mol. The molecule has 0 N–H and O–H groups in total. The van der Waals surface area contributed by atoms with Gasteiger partial charge in [0.15, 0.2) is 0 Å². The Hall–Kier alpha value is -1.84. The Labute approximate surface area is 113 Å². The molecule has 1 aromatic carbocycles. The number of Topliss-reactive ketones (excluding diaryl/α,β-unsaturated/α-hetero) is 1. The summed E-state index contributed by atoms with van der Waals surface area (Å²) < 4.78 is 9.71. The highest BCUT2D eigenvalue weighted by molar-refractivity contribution is 5.97. The molecule has 0 aromatic heterocycles. The van der Waals surface area contributed by atoms with Crippen molar-refractivity contribution in [1.29, 1.82) is 0 Å². The molecule has 0 saturated carbocycles. The van der Waals surface area contributed by atoms with Crippen LogP contribution in [0.4, 0.5) is 0 Å². The molecule has 4 heteroatoms. The Bertz CT molecular complexity index is 422. The van der Waals surface area contributed by atoms with Gasteiger partial charge in [-0.25, -0.2) is 0 Å². The average Bonchev–Trinajstić information content (AvgIpc) is 2.43. The van der Waals surface area contributed by atoms with Crippen LogP contribution in [0, 0.1) is 5.92 Å². The third-order valence-corrected chi connectivity index (χ3v) is 3.09. The van der Waals surface area contributed by atoms with Crippen LogP contribution in [0.25, 0.3) is 0 Å². The summed E-state index contributed by atoms with van der Waals surface area (Å²) in [5.74, 6) is -0.396. The molecule has 0 aliphatic carbocycles. The molecular formula is C15H20O4. The standard InChI is InChI=1S/C15H20O4/c1-11(16)14(15(17)19-3)6-4-5-12-7-9-13(18-2)10-8-12/h7-10,14H,4-6H2,1-3H3. The summed E-state index contributed by atoms with van der Waals surface area (Å²) in [6, 6.07) is 7.77. The molecule has 4 nitrogen and oxygen atoms in total. The van der Waals surface area contributed by atoms with Gasteiger partial charge in [-0.2, -0.15) is 0 Å². The van der Waals surface area contributed by atoms with Gasteiger partial charge in [-0.15, -0.1) is 0 Å². The van der Waals surface area contributed by atoms with E-state index in [4.69, 9.17) is 4.74 Å². The maximum Gasteiger partial charge on any atom is 0.316 e. The lowest BCUT2D eigenvalue weighted by Gasteiger charge is -2.11. The van der Waals surface area contributed by atoms with Crippen LogP contribution in [0.5, 0.6) is 5.75 Å². The van der Waals surface area contributed by atoms with Gasteiger partial charge >= 0.3 is 5.97 Å². The molecule has 0 fully saturated rings. The fraction of sp³-hybridized carbons (Fsp3) is 0.467. The van der Waals surface area contributed by atoms with Gasteiger partial charge in [-0.05, 0) is 43.9 Å². The van der Waals surface area contributed by atoms with E-state index < -0.39 is 11.9 Å². The Morgan fingerprint density at radius 3 is 2.26 bits per heavy atom. The van der Waals surface area contributed by atoms with E-state index in [2.05, 4.69) is 4.74 Å². The van der Waals surface area contributed by atoms with Crippen LogP contribution in [-0.4, -0.2) is 26.0 Å². The fourth-order valence-corrected chi connectivity index (χ4v) is 1.93. The molecule has 0 heterocycles. The minimum atomic E-state index is -0.636. The number of hydrogen-bond donors (Lipinski definition) is 0. The highest BCUT2D eigenvalue weighted by Crippen LogP contribution is 2.16. The van der Waals surface area contributed by atoms with E-state index in [-0.39, 0.29) is 5.78 Å². The second-order valence-corrected chi connectivity index (χ2v) is 4.43. The van der Waals surface area contributed by atoms with Crippen molar-refractivity contribution in [2.75, 3.05) is 14.2 Å². The van der Waals surface area contributed by atoms with Gasteiger partial charge < -0.3 is 9.47 Å². The number of ether oxygens (including phenoxy) is 2. The third-order valence-electron chi connectivity index (χ3n) is 3.09. The van der Waals surface area contributed by atoms with E-state index >= 15 is 0 Å². The van der Waals surface area contributed by atoms with Gasteiger partial charge in [0.05, 0.1) is 14.2 Å². The smallest absolute Gasteiger partial charge is 0.316 e. The van der Waals surface area contributed by atoms with Crippen LogP contribution in [0.1, 0.15) is 25.3 Å². The molecule has 0 aliphatic heterocycles. The number of carbonyl (C=O) groups excluding carboxylic acids is 2. The molecule has 0 spiro atoms. The number of benzene rings is 1. The van der Waals surface area contributed by atoms with E-state index in [9.17, 15) is 9.59 Å². The molecule has 0 amide bonds. The zero-order valence-electron chi connectivity index (χ0n) is 11.6. The van der Waals surface area contributed by atoms with E-state index in [1.54, 1.807) is 7.11 Å². The molecule has 0 radical (unpaired) electrons. The summed E-state index contributed by atoms with van der Waals surface area (Å²) in [4.78, 5) is 22.8. The van der Waals surface area contributed by atoms with E-state index in [0.717, 1.165) is 24.2 Å². The quantitative estimate of drug-likeness (QED) is 0.560. The number of rotatable bonds is 7. The lowest BCUT2D eigenvalue weighted by Crippen LogP contribution is -2.23. The van der Waals surface area contributed by atoms with Gasteiger partial charge in [0.1, 0.15) is 17.5 Å². The first-order valence-electron chi connectivity index (χ1n) is 6.29. The van der Waals surface area contributed by atoms with Crippen LogP contribution in [0.15, 0.2) is 24.3 Å². The normalized spacial score (nSPS) is 11.7. The maximum absolute atomic E-state index is 11.4. The Morgan fingerprint density at radius 2 is 1.79 bits per heavy atom. The van der Waals surface area contributed by atoms with Crippen molar-refractivity contribution in [3.8, 4) is 5.75 Å². The van der Waals surface area contributed by atoms with Crippen LogP contribution in [-0.2, 0) is 20.7 Å².